The van der Waals surface area contributed by atoms with Crippen LogP contribution in [0, 0.1) is 0 Å². The maximum absolute atomic E-state index is 10.7. The van der Waals surface area contributed by atoms with E-state index in [0.717, 1.165) is 0 Å². The maximum atomic E-state index is 10.7. The molecule has 2 aromatic rings. The van der Waals surface area contributed by atoms with Crippen LogP contribution in [-0.2, 0) is 14.9 Å². The van der Waals surface area contributed by atoms with Crippen molar-refractivity contribution < 1.29 is 70.0 Å². The first-order valence-corrected chi connectivity index (χ1v) is 12.9. The molecular formula is C27H36O14. The lowest BCUT2D eigenvalue weighted by molar-refractivity contribution is -0.277. The van der Waals surface area contributed by atoms with Crippen molar-refractivity contribution in [1.82, 2.24) is 0 Å². The Morgan fingerprint density at radius 2 is 0.976 bits per heavy atom. The molecule has 14 nitrogen and oxygen atoms in total. The van der Waals surface area contributed by atoms with Gasteiger partial charge in [0.25, 0.3) is 0 Å². The summed E-state index contributed by atoms with van der Waals surface area (Å²) in [4.78, 5) is 0. The van der Waals surface area contributed by atoms with E-state index in [1.165, 1.54) is 24.3 Å². The summed E-state index contributed by atoms with van der Waals surface area (Å²) >= 11 is 0. The van der Waals surface area contributed by atoms with Crippen LogP contribution in [0.1, 0.15) is 25.0 Å². The molecule has 2 aliphatic heterocycles. The number of benzene rings is 2. The molecule has 2 heterocycles. The lowest BCUT2D eigenvalue weighted by Gasteiger charge is -2.39. The highest BCUT2D eigenvalue weighted by Gasteiger charge is 2.46. The van der Waals surface area contributed by atoms with Crippen LogP contribution in [0.2, 0.25) is 0 Å². The number of ether oxygens (including phenoxy) is 4. The molecule has 10 atom stereocenters. The Kier molecular flexibility index (Phi) is 9.30. The maximum Gasteiger partial charge on any atom is 0.229 e. The number of aliphatic hydroxyl groups excluding tert-OH is 8. The molecule has 0 spiro atoms. The summed E-state index contributed by atoms with van der Waals surface area (Å²) in [6.45, 7) is 2.35. The smallest absolute Gasteiger partial charge is 0.229 e. The summed E-state index contributed by atoms with van der Waals surface area (Å²) in [6, 6.07) is 8.85. The highest BCUT2D eigenvalue weighted by atomic mass is 16.7. The molecule has 0 saturated carbocycles. The van der Waals surface area contributed by atoms with Crippen LogP contribution in [0.25, 0.3) is 0 Å². The van der Waals surface area contributed by atoms with Crippen molar-refractivity contribution in [1.29, 1.82) is 0 Å². The van der Waals surface area contributed by atoms with E-state index in [0.29, 0.717) is 11.1 Å². The van der Waals surface area contributed by atoms with Gasteiger partial charge in [0.15, 0.2) is 23.0 Å². The molecular weight excluding hydrogens is 548 g/mol. The fraction of sp³-hybridized carbons (Fsp3) is 0.556. The molecule has 2 saturated heterocycles. The van der Waals surface area contributed by atoms with Crippen molar-refractivity contribution in [2.45, 2.75) is 80.7 Å². The first-order valence-electron chi connectivity index (χ1n) is 12.9. The van der Waals surface area contributed by atoms with Crippen LogP contribution in [0.5, 0.6) is 23.0 Å². The van der Waals surface area contributed by atoms with Crippen LogP contribution < -0.4 is 9.47 Å². The zero-order valence-corrected chi connectivity index (χ0v) is 22.3. The van der Waals surface area contributed by atoms with Crippen LogP contribution >= 0.6 is 0 Å². The molecule has 0 radical (unpaired) electrons. The quantitative estimate of drug-likeness (QED) is 0.158. The van der Waals surface area contributed by atoms with Gasteiger partial charge in [0.05, 0.1) is 13.2 Å². The zero-order chi connectivity index (χ0) is 30.2. The predicted molar refractivity (Wildman–Crippen MR) is 137 cm³/mol. The van der Waals surface area contributed by atoms with Gasteiger partial charge in [0, 0.05) is 5.41 Å². The monoisotopic (exact) mass is 584 g/mol. The normalized spacial score (nSPS) is 34.3. The molecule has 0 amide bonds. The van der Waals surface area contributed by atoms with Gasteiger partial charge in [-0.15, -0.1) is 0 Å². The van der Waals surface area contributed by atoms with E-state index in [4.69, 9.17) is 18.9 Å². The van der Waals surface area contributed by atoms with Gasteiger partial charge in [-0.3, -0.25) is 0 Å². The van der Waals surface area contributed by atoms with E-state index in [1.54, 1.807) is 12.1 Å². The number of aromatic hydroxyl groups is 2. The molecule has 2 aromatic carbocycles. The zero-order valence-electron chi connectivity index (χ0n) is 22.3. The largest absolute Gasteiger partial charge is 0.504 e. The Morgan fingerprint density at radius 3 is 1.29 bits per heavy atom. The standard InChI is InChI=1S/C27H36O14/c1-27(2,11-3-5-15(13(30)7-11)38-25-23(36)21(34)19(32)17(9-28)40-25)12-4-6-16(14(31)8-12)39-26-24(37)22(35)20(33)18(10-29)41-26/h3-8,17-26,28-37H,9-10H2,1-2H3/t17-,18-,19-,20-,21+,22+,23-,24-,25-,26-/m1/s1. The third-order valence-electron chi connectivity index (χ3n) is 7.54. The van der Waals surface area contributed by atoms with Crippen molar-refractivity contribution in [3.63, 3.8) is 0 Å². The van der Waals surface area contributed by atoms with Crippen molar-refractivity contribution in [3.05, 3.63) is 47.5 Å². The van der Waals surface area contributed by atoms with E-state index < -0.39 is 80.0 Å². The van der Waals surface area contributed by atoms with Gasteiger partial charge in [-0.2, -0.15) is 0 Å². The third-order valence-corrected chi connectivity index (χ3v) is 7.54. The van der Waals surface area contributed by atoms with Gasteiger partial charge in [-0.05, 0) is 35.4 Å². The molecule has 4 rings (SSSR count). The molecule has 14 heteroatoms. The molecule has 2 fully saturated rings. The molecule has 41 heavy (non-hydrogen) atoms. The molecule has 10 N–H and O–H groups in total. The van der Waals surface area contributed by atoms with Crippen molar-refractivity contribution in [3.8, 4) is 23.0 Å². The minimum Gasteiger partial charge on any atom is -0.504 e. The molecule has 228 valence electrons. The van der Waals surface area contributed by atoms with Crippen LogP contribution in [0.3, 0.4) is 0 Å². The molecule has 0 bridgehead atoms. The average molecular weight is 585 g/mol. The van der Waals surface area contributed by atoms with Crippen molar-refractivity contribution in [2.24, 2.45) is 0 Å². The summed E-state index contributed by atoms with van der Waals surface area (Å²) in [6.07, 6.45) is -15.1. The summed E-state index contributed by atoms with van der Waals surface area (Å²) in [5.74, 6) is -0.862. The van der Waals surface area contributed by atoms with Gasteiger partial charge < -0.3 is 70.0 Å². The van der Waals surface area contributed by atoms with E-state index >= 15 is 0 Å². The fourth-order valence-corrected chi connectivity index (χ4v) is 4.76. The van der Waals surface area contributed by atoms with E-state index in [-0.39, 0.29) is 23.0 Å². The lowest BCUT2D eigenvalue weighted by atomic mass is 9.78. The van der Waals surface area contributed by atoms with Gasteiger partial charge in [0.1, 0.15) is 48.8 Å². The van der Waals surface area contributed by atoms with Crippen molar-refractivity contribution in [2.75, 3.05) is 13.2 Å². The Labute approximate surface area is 234 Å². The van der Waals surface area contributed by atoms with E-state index in [1.807, 2.05) is 13.8 Å². The highest BCUT2D eigenvalue weighted by Crippen LogP contribution is 2.41. The van der Waals surface area contributed by atoms with Gasteiger partial charge in [-0.25, -0.2) is 0 Å². The summed E-state index contributed by atoms with van der Waals surface area (Å²) < 4.78 is 21.7. The number of aliphatic hydroxyl groups is 8. The average Bonchev–Trinajstić information content (AvgIpc) is 2.95. The predicted octanol–water partition coefficient (Wildman–Crippen LogP) is -2.22. The second kappa shape index (κ2) is 12.2. The number of phenols is 2. The summed E-state index contributed by atoms with van der Waals surface area (Å²) in [5.41, 5.74) is 0.356. The summed E-state index contributed by atoms with van der Waals surface area (Å²) in [5, 5.41) is 100. The molecule has 2 aliphatic rings. The van der Waals surface area contributed by atoms with Gasteiger partial charge in [0.2, 0.25) is 12.6 Å². The van der Waals surface area contributed by atoms with Crippen LogP contribution in [-0.4, -0.2) is 126 Å². The molecule has 0 unspecified atom stereocenters. The SMILES string of the molecule is CC(C)(c1ccc(O[C@@H]2O[C@H](CO)[C@@H](O)[C@H](O)[C@H]2O)c(O)c1)c1ccc(O[C@@H]2O[C@H](CO)[C@@H](O)[C@H](O)[C@H]2O)c(O)c1. The number of rotatable bonds is 8. The topological polar surface area (TPSA) is 239 Å². The first kappa shape index (κ1) is 31.2. The second-order valence-electron chi connectivity index (χ2n) is 10.6. The van der Waals surface area contributed by atoms with Crippen molar-refractivity contribution >= 4 is 0 Å². The van der Waals surface area contributed by atoms with Crippen LogP contribution in [0.15, 0.2) is 36.4 Å². The third kappa shape index (κ3) is 6.08. The Morgan fingerprint density at radius 1 is 0.610 bits per heavy atom. The number of hydrogen-bond acceptors (Lipinski definition) is 14. The molecule has 0 aromatic heterocycles. The van der Waals surface area contributed by atoms with Gasteiger partial charge in [-0.1, -0.05) is 26.0 Å². The molecule has 0 aliphatic carbocycles. The number of phenolic OH excluding ortho intramolecular Hbond substituents is 2. The second-order valence-corrected chi connectivity index (χ2v) is 10.6. The number of hydrogen-bond donors (Lipinski definition) is 10. The van der Waals surface area contributed by atoms with E-state index in [9.17, 15) is 51.1 Å². The van der Waals surface area contributed by atoms with Gasteiger partial charge >= 0.3 is 0 Å². The Bertz CT molecular complexity index is 1100. The minimum atomic E-state index is -1.66. The highest BCUT2D eigenvalue weighted by molar-refractivity contribution is 5.51. The summed E-state index contributed by atoms with van der Waals surface area (Å²) in [7, 11) is 0. The van der Waals surface area contributed by atoms with E-state index in [2.05, 4.69) is 0 Å². The Hall–Kier alpha value is -2.76. The fourth-order valence-electron chi connectivity index (χ4n) is 4.76. The Balaban J connectivity index is 1.50. The first-order chi connectivity index (χ1) is 19.3. The minimum absolute atomic E-state index is 0.0972. The lowest BCUT2D eigenvalue weighted by Crippen LogP contribution is -2.60. The van der Waals surface area contributed by atoms with Crippen LogP contribution in [0.4, 0.5) is 0 Å².